The standard InChI is InChI=1S/C9H9ClN2O4S/c1-6(13)11-9(14)12-7-2-4-8(5-3-7)17(10,15)16/h2-5H,1H3,(H2,11,12,13,14). The van der Waals surface area contributed by atoms with Gasteiger partial charge in [-0.15, -0.1) is 0 Å². The van der Waals surface area contributed by atoms with Gasteiger partial charge in [-0.25, -0.2) is 13.2 Å². The molecule has 0 heterocycles. The molecule has 0 radical (unpaired) electrons. The van der Waals surface area contributed by atoms with Crippen molar-refractivity contribution >= 4 is 37.4 Å². The molecular formula is C9H9ClN2O4S. The van der Waals surface area contributed by atoms with Gasteiger partial charge in [0.1, 0.15) is 0 Å². The van der Waals surface area contributed by atoms with Crippen LogP contribution in [0.4, 0.5) is 10.5 Å². The molecule has 3 amide bonds. The Morgan fingerprint density at radius 1 is 1.18 bits per heavy atom. The lowest BCUT2D eigenvalue weighted by molar-refractivity contribution is -0.117. The smallest absolute Gasteiger partial charge is 0.308 e. The van der Waals surface area contributed by atoms with Gasteiger partial charge < -0.3 is 5.32 Å². The molecule has 0 aliphatic carbocycles. The Balaban J connectivity index is 2.76. The van der Waals surface area contributed by atoms with Gasteiger partial charge in [0.25, 0.3) is 9.05 Å². The Morgan fingerprint density at radius 3 is 2.12 bits per heavy atom. The van der Waals surface area contributed by atoms with Crippen molar-refractivity contribution in [1.82, 2.24) is 5.32 Å². The van der Waals surface area contributed by atoms with Crippen molar-refractivity contribution in [3.8, 4) is 0 Å². The van der Waals surface area contributed by atoms with Crippen LogP contribution < -0.4 is 10.6 Å². The molecule has 0 aliphatic rings. The number of urea groups is 1. The number of hydrogen-bond donors (Lipinski definition) is 2. The maximum atomic E-state index is 11.1. The highest BCUT2D eigenvalue weighted by Gasteiger charge is 2.09. The SMILES string of the molecule is CC(=O)NC(=O)Nc1ccc(S(=O)(=O)Cl)cc1. The predicted octanol–water partition coefficient (Wildman–Crippen LogP) is 1.28. The molecular weight excluding hydrogens is 268 g/mol. The van der Waals surface area contributed by atoms with E-state index in [1.165, 1.54) is 31.2 Å². The van der Waals surface area contributed by atoms with E-state index in [1.54, 1.807) is 0 Å². The molecule has 0 fully saturated rings. The van der Waals surface area contributed by atoms with Gasteiger partial charge in [-0.3, -0.25) is 10.1 Å². The van der Waals surface area contributed by atoms with Crippen LogP contribution in [0.25, 0.3) is 0 Å². The molecule has 6 nitrogen and oxygen atoms in total. The van der Waals surface area contributed by atoms with E-state index in [9.17, 15) is 18.0 Å². The second-order valence-corrected chi connectivity index (χ2v) is 5.66. The summed E-state index contributed by atoms with van der Waals surface area (Å²) in [6, 6.07) is 4.50. The molecule has 0 saturated heterocycles. The fourth-order valence-corrected chi connectivity index (χ4v) is 1.79. The van der Waals surface area contributed by atoms with Gasteiger partial charge in [0.15, 0.2) is 0 Å². The maximum Gasteiger partial charge on any atom is 0.325 e. The molecule has 1 aromatic carbocycles. The van der Waals surface area contributed by atoms with E-state index >= 15 is 0 Å². The number of imide groups is 1. The number of carbonyl (C=O) groups is 2. The van der Waals surface area contributed by atoms with Crippen LogP contribution in [-0.2, 0) is 13.8 Å². The van der Waals surface area contributed by atoms with Crippen LogP contribution in [0.3, 0.4) is 0 Å². The van der Waals surface area contributed by atoms with Crippen molar-refractivity contribution in [2.24, 2.45) is 0 Å². The summed E-state index contributed by atoms with van der Waals surface area (Å²) >= 11 is 0. The molecule has 8 heteroatoms. The van der Waals surface area contributed by atoms with Gasteiger partial charge in [-0.05, 0) is 24.3 Å². The van der Waals surface area contributed by atoms with Crippen molar-refractivity contribution in [1.29, 1.82) is 0 Å². The van der Waals surface area contributed by atoms with Crippen LogP contribution in [0.2, 0.25) is 0 Å². The summed E-state index contributed by atoms with van der Waals surface area (Å²) in [4.78, 5) is 21.6. The van der Waals surface area contributed by atoms with Gasteiger partial charge in [-0.1, -0.05) is 0 Å². The highest BCUT2D eigenvalue weighted by molar-refractivity contribution is 8.13. The first-order valence-electron chi connectivity index (χ1n) is 4.42. The Morgan fingerprint density at radius 2 is 1.71 bits per heavy atom. The van der Waals surface area contributed by atoms with Crippen LogP contribution in [0.1, 0.15) is 6.92 Å². The lowest BCUT2D eigenvalue weighted by atomic mass is 10.3. The van der Waals surface area contributed by atoms with E-state index in [4.69, 9.17) is 10.7 Å². The van der Waals surface area contributed by atoms with Gasteiger partial charge in [-0.2, -0.15) is 0 Å². The first-order chi connectivity index (χ1) is 7.79. The minimum atomic E-state index is -3.78. The van der Waals surface area contributed by atoms with E-state index in [0.29, 0.717) is 5.69 Å². The minimum absolute atomic E-state index is 0.0725. The van der Waals surface area contributed by atoms with Crippen molar-refractivity contribution in [3.05, 3.63) is 24.3 Å². The molecule has 1 rings (SSSR count). The molecule has 0 saturated carbocycles. The molecule has 1 aromatic rings. The zero-order chi connectivity index (χ0) is 13.1. The zero-order valence-corrected chi connectivity index (χ0v) is 10.3. The highest BCUT2D eigenvalue weighted by Crippen LogP contribution is 2.17. The van der Waals surface area contributed by atoms with Crippen LogP contribution in [0.15, 0.2) is 29.2 Å². The molecule has 0 aliphatic heterocycles. The van der Waals surface area contributed by atoms with E-state index in [2.05, 4.69) is 5.32 Å². The summed E-state index contributed by atoms with van der Waals surface area (Å²) < 4.78 is 21.9. The number of amides is 3. The largest absolute Gasteiger partial charge is 0.325 e. The zero-order valence-electron chi connectivity index (χ0n) is 8.73. The normalized spacial score (nSPS) is 10.7. The van der Waals surface area contributed by atoms with Crippen LogP contribution in [-0.4, -0.2) is 20.4 Å². The van der Waals surface area contributed by atoms with Gasteiger partial charge in [0, 0.05) is 23.3 Å². The number of halogens is 1. The lowest BCUT2D eigenvalue weighted by Gasteiger charge is -2.05. The second-order valence-electron chi connectivity index (χ2n) is 3.10. The average molecular weight is 277 g/mol. The van der Waals surface area contributed by atoms with E-state index in [1.807, 2.05) is 5.32 Å². The molecule has 0 aromatic heterocycles. The van der Waals surface area contributed by atoms with E-state index in [0.717, 1.165) is 0 Å². The van der Waals surface area contributed by atoms with Crippen molar-refractivity contribution in [2.75, 3.05) is 5.32 Å². The van der Waals surface area contributed by atoms with E-state index in [-0.39, 0.29) is 4.90 Å². The Kier molecular flexibility index (Phi) is 4.08. The monoisotopic (exact) mass is 276 g/mol. The third-order valence-corrected chi connectivity index (χ3v) is 3.05. The lowest BCUT2D eigenvalue weighted by Crippen LogP contribution is -2.32. The summed E-state index contributed by atoms with van der Waals surface area (Å²) in [6.07, 6.45) is 0. The summed E-state index contributed by atoms with van der Waals surface area (Å²) in [6.45, 7) is 1.20. The second kappa shape index (κ2) is 5.15. The Labute approximate surface area is 102 Å². The molecule has 0 unspecified atom stereocenters. The number of hydrogen-bond acceptors (Lipinski definition) is 4. The first kappa shape index (κ1) is 13.5. The summed E-state index contributed by atoms with van der Waals surface area (Å²) in [7, 11) is 1.34. The Hall–Kier alpha value is -1.60. The molecule has 92 valence electrons. The van der Waals surface area contributed by atoms with Crippen molar-refractivity contribution in [3.63, 3.8) is 0 Å². The van der Waals surface area contributed by atoms with Crippen molar-refractivity contribution < 1.29 is 18.0 Å². The van der Waals surface area contributed by atoms with Gasteiger partial charge >= 0.3 is 6.03 Å². The summed E-state index contributed by atoms with van der Waals surface area (Å²) in [5.74, 6) is -0.498. The van der Waals surface area contributed by atoms with Crippen LogP contribution >= 0.6 is 10.7 Å². The van der Waals surface area contributed by atoms with Gasteiger partial charge in [0.05, 0.1) is 4.90 Å². The van der Waals surface area contributed by atoms with E-state index < -0.39 is 21.0 Å². The fourth-order valence-electron chi connectivity index (χ4n) is 1.02. The molecule has 0 bridgehead atoms. The quantitative estimate of drug-likeness (QED) is 0.796. The highest BCUT2D eigenvalue weighted by atomic mass is 35.7. The van der Waals surface area contributed by atoms with Gasteiger partial charge in [0.2, 0.25) is 5.91 Å². The number of anilines is 1. The summed E-state index contributed by atoms with van der Waals surface area (Å²) in [5.41, 5.74) is 0.341. The predicted molar refractivity (Wildman–Crippen MR) is 62.3 cm³/mol. The first-order valence-corrected chi connectivity index (χ1v) is 6.73. The Bertz CT molecular complexity index is 539. The molecule has 17 heavy (non-hydrogen) atoms. The maximum absolute atomic E-state index is 11.1. The van der Waals surface area contributed by atoms with Crippen molar-refractivity contribution in [2.45, 2.75) is 11.8 Å². The minimum Gasteiger partial charge on any atom is -0.308 e. The average Bonchev–Trinajstić information content (AvgIpc) is 2.15. The number of rotatable bonds is 2. The number of benzene rings is 1. The van der Waals surface area contributed by atoms with Crippen LogP contribution in [0.5, 0.6) is 0 Å². The third-order valence-electron chi connectivity index (χ3n) is 1.68. The summed E-state index contributed by atoms with van der Waals surface area (Å²) in [5, 5.41) is 4.35. The van der Waals surface area contributed by atoms with Crippen LogP contribution in [0, 0.1) is 0 Å². The topological polar surface area (TPSA) is 92.3 Å². The molecule has 0 atom stereocenters. The number of nitrogens with one attached hydrogen (secondary N) is 2. The number of carbonyl (C=O) groups excluding carboxylic acids is 2. The molecule has 2 N–H and O–H groups in total. The fraction of sp³-hybridized carbons (Fsp3) is 0.111. The third kappa shape index (κ3) is 4.41. The molecule has 0 spiro atoms.